The number of benzene rings is 3. The van der Waals surface area contributed by atoms with E-state index in [0.717, 1.165) is 16.9 Å². The van der Waals surface area contributed by atoms with Gasteiger partial charge in [-0.25, -0.2) is 5.43 Å². The molecular weight excluding hydrogens is 372 g/mol. The minimum Gasteiger partial charge on any atom is -0.454 e. The number of rotatable bonds is 6. The summed E-state index contributed by atoms with van der Waals surface area (Å²) in [5, 5.41) is 4.02. The normalized spacial score (nSPS) is 12.3. The largest absolute Gasteiger partial charge is 0.454 e. The van der Waals surface area contributed by atoms with E-state index < -0.39 is 0 Å². The van der Waals surface area contributed by atoms with Crippen LogP contribution in [0.2, 0.25) is 0 Å². The third-order valence-corrected chi connectivity index (χ3v) is 5.22. The van der Waals surface area contributed by atoms with Gasteiger partial charge in [0.25, 0.3) is 5.91 Å². The zero-order valence-corrected chi connectivity index (χ0v) is 15.8. The van der Waals surface area contributed by atoms with Gasteiger partial charge in [-0.3, -0.25) is 4.79 Å². The van der Waals surface area contributed by atoms with Crippen molar-refractivity contribution in [3.63, 3.8) is 0 Å². The molecule has 0 aromatic heterocycles. The summed E-state index contributed by atoms with van der Waals surface area (Å²) in [6.45, 7) is 0.229. The van der Waals surface area contributed by atoms with Gasteiger partial charge in [0, 0.05) is 16.2 Å². The summed E-state index contributed by atoms with van der Waals surface area (Å²) >= 11 is 1.76. The number of hydrogen-bond donors (Lipinski definition) is 1. The van der Waals surface area contributed by atoms with Crippen molar-refractivity contribution >= 4 is 23.9 Å². The molecule has 140 valence electrons. The van der Waals surface area contributed by atoms with Gasteiger partial charge in [-0.2, -0.15) is 5.10 Å². The van der Waals surface area contributed by atoms with Crippen molar-refractivity contribution in [1.29, 1.82) is 0 Å². The van der Waals surface area contributed by atoms with E-state index in [9.17, 15) is 4.79 Å². The lowest BCUT2D eigenvalue weighted by atomic mass is 10.1. The Kier molecular flexibility index (Phi) is 5.58. The highest BCUT2D eigenvalue weighted by Crippen LogP contribution is 2.32. The zero-order valence-electron chi connectivity index (χ0n) is 15.0. The van der Waals surface area contributed by atoms with Gasteiger partial charge in [0.2, 0.25) is 6.79 Å². The van der Waals surface area contributed by atoms with Gasteiger partial charge in [-0.15, -0.1) is 11.8 Å². The lowest BCUT2D eigenvalue weighted by molar-refractivity contribution is 0.0955. The van der Waals surface area contributed by atoms with E-state index in [4.69, 9.17) is 9.47 Å². The minimum absolute atomic E-state index is 0.229. The van der Waals surface area contributed by atoms with E-state index in [1.165, 1.54) is 4.90 Å². The lowest BCUT2D eigenvalue weighted by Gasteiger charge is -2.04. The van der Waals surface area contributed by atoms with Crippen molar-refractivity contribution in [2.75, 3.05) is 6.79 Å². The lowest BCUT2D eigenvalue weighted by Crippen LogP contribution is -2.17. The molecule has 0 unspecified atom stereocenters. The Bertz CT molecular complexity index is 988. The van der Waals surface area contributed by atoms with Gasteiger partial charge in [0.15, 0.2) is 11.5 Å². The number of nitrogens with zero attached hydrogens (tertiary/aromatic N) is 1. The van der Waals surface area contributed by atoms with Crippen LogP contribution in [0.25, 0.3) is 0 Å². The molecule has 1 N–H and O–H groups in total. The molecule has 0 fully saturated rings. The number of fused-ring (bicyclic) bond motifs is 1. The van der Waals surface area contributed by atoms with Crippen LogP contribution in [-0.2, 0) is 5.75 Å². The fourth-order valence-electron chi connectivity index (χ4n) is 2.66. The first kappa shape index (κ1) is 18.1. The second-order valence-electron chi connectivity index (χ2n) is 6.11. The predicted octanol–water partition coefficient (Wildman–Crippen LogP) is 4.47. The topological polar surface area (TPSA) is 59.9 Å². The van der Waals surface area contributed by atoms with Crippen LogP contribution in [0.3, 0.4) is 0 Å². The molecule has 0 atom stereocenters. The zero-order chi connectivity index (χ0) is 19.2. The molecule has 0 saturated heterocycles. The van der Waals surface area contributed by atoms with Crippen molar-refractivity contribution in [2.45, 2.75) is 10.6 Å². The van der Waals surface area contributed by atoms with Gasteiger partial charge >= 0.3 is 0 Å². The van der Waals surface area contributed by atoms with Crippen LogP contribution in [-0.4, -0.2) is 18.9 Å². The smallest absolute Gasteiger partial charge is 0.271 e. The van der Waals surface area contributed by atoms with Crippen LogP contribution in [0.5, 0.6) is 11.5 Å². The summed E-state index contributed by atoms with van der Waals surface area (Å²) in [5.74, 6) is 2.00. The number of amides is 1. The Hall–Kier alpha value is -3.25. The SMILES string of the molecule is O=C(N/N=C\c1ccc2c(c1)OCO2)c1ccc(CSc2ccccc2)cc1. The Morgan fingerprint density at radius 3 is 2.61 bits per heavy atom. The molecule has 0 spiro atoms. The molecule has 1 amide bonds. The van der Waals surface area contributed by atoms with Gasteiger partial charge in [0.1, 0.15) is 0 Å². The van der Waals surface area contributed by atoms with E-state index in [2.05, 4.69) is 22.7 Å². The molecule has 1 aliphatic rings. The van der Waals surface area contributed by atoms with E-state index in [1.54, 1.807) is 18.0 Å². The van der Waals surface area contributed by atoms with Crippen molar-refractivity contribution in [3.05, 3.63) is 89.5 Å². The third-order valence-electron chi connectivity index (χ3n) is 4.14. The van der Waals surface area contributed by atoms with Crippen molar-refractivity contribution < 1.29 is 14.3 Å². The Morgan fingerprint density at radius 1 is 1.00 bits per heavy atom. The van der Waals surface area contributed by atoms with Crippen molar-refractivity contribution in [2.24, 2.45) is 5.10 Å². The number of ether oxygens (including phenoxy) is 2. The van der Waals surface area contributed by atoms with Crippen LogP contribution >= 0.6 is 11.8 Å². The van der Waals surface area contributed by atoms with Crippen LogP contribution < -0.4 is 14.9 Å². The maximum absolute atomic E-state index is 12.2. The highest BCUT2D eigenvalue weighted by Gasteiger charge is 2.12. The van der Waals surface area contributed by atoms with E-state index in [1.807, 2.05) is 60.7 Å². The standard InChI is InChI=1S/C22H18N2O3S/c25-22(24-23-13-17-8-11-20-21(12-17)27-15-26-20)18-9-6-16(7-10-18)14-28-19-4-2-1-3-5-19/h1-13H,14-15H2,(H,24,25)/b23-13-. The quantitative estimate of drug-likeness (QED) is 0.383. The molecule has 3 aromatic rings. The van der Waals surface area contributed by atoms with Gasteiger partial charge in [-0.1, -0.05) is 30.3 Å². The number of hydrogen-bond acceptors (Lipinski definition) is 5. The maximum atomic E-state index is 12.2. The van der Waals surface area contributed by atoms with Gasteiger partial charge in [-0.05, 0) is 53.6 Å². The highest BCUT2D eigenvalue weighted by molar-refractivity contribution is 7.98. The molecule has 0 bridgehead atoms. The summed E-state index contributed by atoms with van der Waals surface area (Å²) in [6.07, 6.45) is 1.57. The molecule has 4 rings (SSSR count). The third kappa shape index (κ3) is 4.53. The van der Waals surface area contributed by atoms with E-state index in [-0.39, 0.29) is 12.7 Å². The number of carbonyl (C=O) groups is 1. The Labute approximate surface area is 167 Å². The Morgan fingerprint density at radius 2 is 1.79 bits per heavy atom. The highest BCUT2D eigenvalue weighted by atomic mass is 32.2. The minimum atomic E-state index is -0.251. The summed E-state index contributed by atoms with van der Waals surface area (Å²) in [5.41, 5.74) is 5.09. The maximum Gasteiger partial charge on any atom is 0.271 e. The predicted molar refractivity (Wildman–Crippen MR) is 110 cm³/mol. The summed E-state index contributed by atoms with van der Waals surface area (Å²) in [4.78, 5) is 13.5. The number of nitrogens with one attached hydrogen (secondary N) is 1. The van der Waals surface area contributed by atoms with Crippen molar-refractivity contribution in [1.82, 2.24) is 5.43 Å². The van der Waals surface area contributed by atoms with Gasteiger partial charge < -0.3 is 9.47 Å². The molecule has 28 heavy (non-hydrogen) atoms. The molecule has 0 radical (unpaired) electrons. The molecule has 1 aliphatic heterocycles. The Balaban J connectivity index is 1.31. The van der Waals surface area contributed by atoms with Crippen LogP contribution in [0.1, 0.15) is 21.5 Å². The summed E-state index contributed by atoms with van der Waals surface area (Å²) in [6, 6.07) is 23.3. The molecule has 1 heterocycles. The molecule has 0 aliphatic carbocycles. The first-order chi connectivity index (χ1) is 13.8. The number of hydrazone groups is 1. The second-order valence-corrected chi connectivity index (χ2v) is 7.16. The van der Waals surface area contributed by atoms with Crippen LogP contribution in [0, 0.1) is 0 Å². The van der Waals surface area contributed by atoms with Gasteiger partial charge in [0.05, 0.1) is 6.21 Å². The first-order valence-electron chi connectivity index (χ1n) is 8.78. The molecular formula is C22H18N2O3S. The first-order valence-corrected chi connectivity index (χ1v) is 9.76. The number of thioether (sulfide) groups is 1. The monoisotopic (exact) mass is 390 g/mol. The number of carbonyl (C=O) groups excluding carboxylic acids is 1. The fraction of sp³-hybridized carbons (Fsp3) is 0.0909. The molecule has 6 heteroatoms. The van der Waals surface area contributed by atoms with E-state index in [0.29, 0.717) is 17.1 Å². The van der Waals surface area contributed by atoms with Crippen LogP contribution in [0.15, 0.2) is 82.8 Å². The van der Waals surface area contributed by atoms with Crippen LogP contribution in [0.4, 0.5) is 0 Å². The molecule has 3 aromatic carbocycles. The summed E-state index contributed by atoms with van der Waals surface area (Å²) < 4.78 is 10.6. The van der Waals surface area contributed by atoms with E-state index >= 15 is 0 Å². The summed E-state index contributed by atoms with van der Waals surface area (Å²) in [7, 11) is 0. The average molecular weight is 390 g/mol. The fourth-order valence-corrected chi connectivity index (χ4v) is 3.53. The average Bonchev–Trinajstić information content (AvgIpc) is 3.21. The van der Waals surface area contributed by atoms with Crippen molar-refractivity contribution in [3.8, 4) is 11.5 Å². The second kappa shape index (κ2) is 8.63. The molecule has 5 nitrogen and oxygen atoms in total. The molecule has 0 saturated carbocycles.